The van der Waals surface area contributed by atoms with E-state index in [1.165, 1.54) is 25.3 Å². The number of ketones is 1. The van der Waals surface area contributed by atoms with Gasteiger partial charge in [-0.15, -0.1) is 0 Å². The molecule has 0 radical (unpaired) electrons. The lowest BCUT2D eigenvalue weighted by Gasteiger charge is -2.32. The molecule has 1 atom stereocenters. The van der Waals surface area contributed by atoms with E-state index in [4.69, 9.17) is 4.74 Å². The first kappa shape index (κ1) is 17.5. The minimum atomic E-state index is -0.416. The van der Waals surface area contributed by atoms with Crippen LogP contribution in [0.1, 0.15) is 34.6 Å². The molecule has 1 aliphatic heterocycles. The molecule has 0 bridgehead atoms. The van der Waals surface area contributed by atoms with Crippen molar-refractivity contribution in [2.24, 2.45) is 5.92 Å². The van der Waals surface area contributed by atoms with Gasteiger partial charge in [0, 0.05) is 24.7 Å². The number of rotatable bonds is 5. The fraction of sp³-hybridized carbons (Fsp3) is 0.400. The molecule has 2 aromatic rings. The van der Waals surface area contributed by atoms with Gasteiger partial charge in [-0.25, -0.2) is 4.39 Å². The van der Waals surface area contributed by atoms with Gasteiger partial charge in [0.1, 0.15) is 11.6 Å². The van der Waals surface area contributed by atoms with Crippen molar-refractivity contribution in [1.82, 2.24) is 9.88 Å². The van der Waals surface area contributed by atoms with Crippen LogP contribution in [0.25, 0.3) is 0 Å². The number of hydrogen-bond donors (Lipinski definition) is 0. The first-order valence-electron chi connectivity index (χ1n) is 8.59. The van der Waals surface area contributed by atoms with Gasteiger partial charge in [0.05, 0.1) is 18.4 Å². The third-order valence-corrected chi connectivity index (χ3v) is 4.63. The highest BCUT2D eigenvalue weighted by atomic mass is 19.1. The van der Waals surface area contributed by atoms with Crippen LogP contribution in [0, 0.1) is 18.7 Å². The third kappa shape index (κ3) is 4.23. The van der Waals surface area contributed by atoms with Gasteiger partial charge in [-0.2, -0.15) is 0 Å². The Kier molecular flexibility index (Phi) is 5.43. The molecule has 1 fully saturated rings. The maximum absolute atomic E-state index is 13.6. The number of nitrogens with zero attached hydrogens (tertiary/aromatic N) is 2. The molecule has 1 saturated heterocycles. The number of benzene rings is 1. The zero-order chi connectivity index (χ0) is 17.8. The van der Waals surface area contributed by atoms with Crippen LogP contribution in [0.4, 0.5) is 4.39 Å². The Bertz CT molecular complexity index is 763. The number of aryl methyl sites for hydroxylation is 1. The molecule has 0 unspecified atom stereocenters. The molecule has 25 heavy (non-hydrogen) atoms. The number of aromatic nitrogens is 1. The third-order valence-electron chi connectivity index (χ3n) is 4.63. The molecule has 4 nitrogen and oxygen atoms in total. The molecule has 132 valence electrons. The lowest BCUT2D eigenvalue weighted by atomic mass is 9.89. The van der Waals surface area contributed by atoms with Gasteiger partial charge >= 0.3 is 0 Å². The largest absolute Gasteiger partial charge is 0.496 e. The molecule has 3 rings (SSSR count). The van der Waals surface area contributed by atoms with Gasteiger partial charge in [-0.1, -0.05) is 6.07 Å². The first-order valence-corrected chi connectivity index (χ1v) is 8.59. The molecule has 5 heteroatoms. The second-order valence-corrected chi connectivity index (χ2v) is 6.55. The van der Waals surface area contributed by atoms with Gasteiger partial charge in [0.25, 0.3) is 0 Å². The second kappa shape index (κ2) is 7.74. The predicted octanol–water partition coefficient (Wildman–Crippen LogP) is 3.63. The normalized spacial score (nSPS) is 18.1. The van der Waals surface area contributed by atoms with E-state index in [0.717, 1.165) is 37.3 Å². The molecule has 0 spiro atoms. The molecule has 0 saturated carbocycles. The summed E-state index contributed by atoms with van der Waals surface area (Å²) in [6, 6.07) is 10.1. The van der Waals surface area contributed by atoms with E-state index in [9.17, 15) is 9.18 Å². The van der Waals surface area contributed by atoms with Crippen LogP contribution >= 0.6 is 0 Å². The van der Waals surface area contributed by atoms with E-state index >= 15 is 0 Å². The highest BCUT2D eigenvalue weighted by Crippen LogP contribution is 2.27. The van der Waals surface area contributed by atoms with E-state index in [2.05, 4.69) is 9.88 Å². The molecule has 1 aromatic heterocycles. The van der Waals surface area contributed by atoms with Crippen LogP contribution in [0.3, 0.4) is 0 Å². The average Bonchev–Trinajstić information content (AvgIpc) is 2.61. The molecule has 0 aliphatic carbocycles. The lowest BCUT2D eigenvalue weighted by Crippen LogP contribution is -2.38. The summed E-state index contributed by atoms with van der Waals surface area (Å²) in [5.41, 5.74) is 2.34. The number of hydrogen-bond acceptors (Lipinski definition) is 4. The van der Waals surface area contributed by atoms with E-state index < -0.39 is 5.82 Å². The summed E-state index contributed by atoms with van der Waals surface area (Å²) in [6.07, 6.45) is 1.76. The average molecular weight is 342 g/mol. The Hall–Kier alpha value is -2.27. The smallest absolute Gasteiger partial charge is 0.171 e. The maximum atomic E-state index is 13.6. The second-order valence-electron chi connectivity index (χ2n) is 6.55. The molecule has 2 heterocycles. The summed E-state index contributed by atoms with van der Waals surface area (Å²) in [4.78, 5) is 19.7. The van der Waals surface area contributed by atoms with Crippen molar-refractivity contribution in [2.75, 3.05) is 20.2 Å². The summed E-state index contributed by atoms with van der Waals surface area (Å²) >= 11 is 0. The number of carbonyl (C=O) groups excluding carboxylic acids is 1. The Labute approximate surface area is 147 Å². The monoisotopic (exact) mass is 342 g/mol. The van der Waals surface area contributed by atoms with Crippen LogP contribution in [-0.4, -0.2) is 35.9 Å². The fourth-order valence-electron chi connectivity index (χ4n) is 3.42. The van der Waals surface area contributed by atoms with Crippen LogP contribution in [0.2, 0.25) is 0 Å². The first-order chi connectivity index (χ1) is 12.1. The predicted molar refractivity (Wildman–Crippen MR) is 94.3 cm³/mol. The summed E-state index contributed by atoms with van der Waals surface area (Å²) in [7, 11) is 1.50. The zero-order valence-electron chi connectivity index (χ0n) is 14.7. The quantitative estimate of drug-likeness (QED) is 0.778. The Balaban J connectivity index is 1.72. The van der Waals surface area contributed by atoms with Gasteiger partial charge in [-0.3, -0.25) is 14.7 Å². The lowest BCUT2D eigenvalue weighted by molar-refractivity contribution is 0.0806. The van der Waals surface area contributed by atoms with Gasteiger partial charge in [-0.05, 0) is 56.6 Å². The van der Waals surface area contributed by atoms with Crippen LogP contribution in [0.5, 0.6) is 5.75 Å². The van der Waals surface area contributed by atoms with Crippen molar-refractivity contribution in [3.05, 3.63) is 59.2 Å². The van der Waals surface area contributed by atoms with Crippen molar-refractivity contribution in [3.63, 3.8) is 0 Å². The number of halogens is 1. The van der Waals surface area contributed by atoms with E-state index in [-0.39, 0.29) is 11.7 Å². The SMILES string of the molecule is COc1ccc(F)cc1C(=O)[C@@H]1CCCN(Cc2cccc(C)n2)C1. The Morgan fingerprint density at radius 3 is 2.96 bits per heavy atom. The van der Waals surface area contributed by atoms with E-state index in [1.807, 2.05) is 25.1 Å². The van der Waals surface area contributed by atoms with Crippen LogP contribution in [0.15, 0.2) is 36.4 Å². The van der Waals surface area contributed by atoms with Crippen molar-refractivity contribution < 1.29 is 13.9 Å². The van der Waals surface area contributed by atoms with Gasteiger partial charge < -0.3 is 4.74 Å². The molecule has 1 aliphatic rings. The number of carbonyl (C=O) groups is 1. The maximum Gasteiger partial charge on any atom is 0.171 e. The van der Waals surface area contributed by atoms with Crippen LogP contribution in [-0.2, 0) is 6.54 Å². The minimum Gasteiger partial charge on any atom is -0.496 e. The number of piperidine rings is 1. The number of ether oxygens (including phenoxy) is 1. The zero-order valence-corrected chi connectivity index (χ0v) is 14.7. The molecular weight excluding hydrogens is 319 g/mol. The summed E-state index contributed by atoms with van der Waals surface area (Å²) in [5, 5.41) is 0. The van der Waals surface area contributed by atoms with Crippen molar-refractivity contribution in [2.45, 2.75) is 26.3 Å². The molecule has 0 amide bonds. The Morgan fingerprint density at radius 1 is 1.36 bits per heavy atom. The number of likely N-dealkylation sites (tertiary alicyclic amines) is 1. The topological polar surface area (TPSA) is 42.4 Å². The summed E-state index contributed by atoms with van der Waals surface area (Å²) < 4.78 is 18.8. The molecular formula is C20H23FN2O2. The van der Waals surface area contributed by atoms with E-state index in [1.54, 1.807) is 0 Å². The van der Waals surface area contributed by atoms with Gasteiger partial charge in [0.2, 0.25) is 0 Å². The highest BCUT2D eigenvalue weighted by Gasteiger charge is 2.28. The van der Waals surface area contributed by atoms with E-state index in [0.29, 0.717) is 17.9 Å². The van der Waals surface area contributed by atoms with Crippen molar-refractivity contribution in [3.8, 4) is 5.75 Å². The van der Waals surface area contributed by atoms with Crippen molar-refractivity contribution in [1.29, 1.82) is 0 Å². The molecule has 0 N–H and O–H groups in total. The number of pyridine rings is 1. The number of Topliss-reactive ketones (excluding diaryl/α,β-unsaturated/α-hetero) is 1. The van der Waals surface area contributed by atoms with Crippen molar-refractivity contribution >= 4 is 5.78 Å². The highest BCUT2D eigenvalue weighted by molar-refractivity contribution is 6.00. The number of methoxy groups -OCH3 is 1. The van der Waals surface area contributed by atoms with Gasteiger partial charge in [0.15, 0.2) is 5.78 Å². The minimum absolute atomic E-state index is 0.0433. The summed E-state index contributed by atoms with van der Waals surface area (Å²) in [5.74, 6) is -0.169. The summed E-state index contributed by atoms with van der Waals surface area (Å²) in [6.45, 7) is 4.31. The fourth-order valence-corrected chi connectivity index (χ4v) is 3.42. The standard InChI is InChI=1S/C20H23FN2O2/c1-14-5-3-7-17(22-14)13-23-10-4-6-15(12-23)20(24)18-11-16(21)8-9-19(18)25-2/h3,5,7-9,11,15H,4,6,10,12-13H2,1-2H3/t15-/m1/s1. The molecule has 1 aromatic carbocycles. The Morgan fingerprint density at radius 2 is 2.20 bits per heavy atom. The van der Waals surface area contributed by atoms with Crippen LogP contribution < -0.4 is 4.74 Å².